The van der Waals surface area contributed by atoms with Crippen LogP contribution in [0.3, 0.4) is 0 Å². The monoisotopic (exact) mass is 868 g/mol. The lowest BCUT2D eigenvalue weighted by molar-refractivity contribution is -0.356. The van der Waals surface area contributed by atoms with Gasteiger partial charge in [-0.15, -0.1) is 0 Å². The Morgan fingerprint density at radius 2 is 0.780 bits per heavy atom. The number of ether oxygens (including phenoxy) is 4. The molecule has 3 aromatic rings. The van der Waals surface area contributed by atoms with Gasteiger partial charge in [-0.1, -0.05) is 31.7 Å². The van der Waals surface area contributed by atoms with Gasteiger partial charge >= 0.3 is 48.0 Å². The van der Waals surface area contributed by atoms with Crippen molar-refractivity contribution in [3.05, 3.63) is 83.4 Å². The molecule has 0 N–H and O–H groups in total. The Hall–Kier alpha value is -4.78. The zero-order chi connectivity index (χ0) is 44.3. The van der Waals surface area contributed by atoms with E-state index in [0.717, 1.165) is 0 Å². The molecule has 3 aromatic carbocycles. The molecule has 328 valence electrons. The van der Waals surface area contributed by atoms with Gasteiger partial charge in [-0.05, 0) is 93.3 Å². The third-order valence-corrected chi connectivity index (χ3v) is 8.76. The lowest BCUT2D eigenvalue weighted by Gasteiger charge is -2.28. The largest absolute Gasteiger partial charge is 0.494 e. The zero-order valence-electron chi connectivity index (χ0n) is 31.1. The normalized spacial score (nSPS) is 12.9. The van der Waals surface area contributed by atoms with E-state index in [1.807, 2.05) is 0 Å². The van der Waals surface area contributed by atoms with Crippen molar-refractivity contribution in [1.29, 1.82) is 0 Å². The molecular formula is C39H38F14O6. The number of hydrogen-bond donors (Lipinski definition) is 0. The Balaban J connectivity index is 1.39. The Morgan fingerprint density at radius 3 is 1.10 bits per heavy atom. The van der Waals surface area contributed by atoms with Gasteiger partial charge in [0.15, 0.2) is 0 Å². The van der Waals surface area contributed by atoms with Crippen molar-refractivity contribution in [1.82, 2.24) is 0 Å². The number of carbonyl (C=O) groups is 2. The smallest absolute Gasteiger partial charge is 0.459 e. The number of alkyl halides is 14. The Morgan fingerprint density at radius 1 is 0.458 bits per heavy atom. The Kier molecular flexibility index (Phi) is 16.5. The number of benzene rings is 3. The van der Waals surface area contributed by atoms with Crippen molar-refractivity contribution >= 4 is 11.9 Å². The van der Waals surface area contributed by atoms with E-state index < -0.39 is 73.7 Å². The fourth-order valence-corrected chi connectivity index (χ4v) is 5.22. The van der Waals surface area contributed by atoms with E-state index in [4.69, 9.17) is 18.9 Å². The molecule has 0 aliphatic carbocycles. The molecule has 0 bridgehead atoms. The maximum Gasteiger partial charge on any atom is 0.459 e. The van der Waals surface area contributed by atoms with Gasteiger partial charge in [-0.3, -0.25) is 0 Å². The van der Waals surface area contributed by atoms with E-state index in [0.29, 0.717) is 17.1 Å². The van der Waals surface area contributed by atoms with Gasteiger partial charge < -0.3 is 18.9 Å². The molecule has 59 heavy (non-hydrogen) atoms. The zero-order valence-corrected chi connectivity index (χ0v) is 31.1. The highest BCUT2D eigenvalue weighted by atomic mass is 19.4. The minimum Gasteiger partial charge on any atom is -0.494 e. The van der Waals surface area contributed by atoms with Crippen LogP contribution in [0.15, 0.2) is 66.7 Å². The Bertz CT molecular complexity index is 1680. The number of esters is 2. The topological polar surface area (TPSA) is 71.1 Å². The van der Waals surface area contributed by atoms with Gasteiger partial charge in [0.25, 0.3) is 0 Å². The van der Waals surface area contributed by atoms with Crippen molar-refractivity contribution in [3.8, 4) is 23.0 Å². The summed E-state index contributed by atoms with van der Waals surface area (Å²) in [5, 5.41) is 0. The van der Waals surface area contributed by atoms with Gasteiger partial charge in [0.1, 0.15) is 23.0 Å². The van der Waals surface area contributed by atoms with Crippen LogP contribution in [0.1, 0.15) is 90.5 Å². The molecule has 6 nitrogen and oxygen atoms in total. The van der Waals surface area contributed by atoms with Crippen LogP contribution >= 0.6 is 0 Å². The SMILES string of the molecule is Cc1c(OC(=O)c2ccc(OCCCCCCC(F)(F)C(F)(F)C(F)(F)F)cc2)cccc1OC(=O)c1ccc(OCCCCCCC(F)(F)C(F)(F)C(F)(F)F)cc1. The summed E-state index contributed by atoms with van der Waals surface area (Å²) in [5.41, 5.74) is 0.509. The fourth-order valence-electron chi connectivity index (χ4n) is 5.22. The highest BCUT2D eigenvalue weighted by Gasteiger charge is 2.73. The first kappa shape index (κ1) is 48.6. The van der Waals surface area contributed by atoms with Crippen LogP contribution in [0.25, 0.3) is 0 Å². The highest BCUT2D eigenvalue weighted by molar-refractivity contribution is 5.92. The first-order chi connectivity index (χ1) is 27.3. The summed E-state index contributed by atoms with van der Waals surface area (Å²) < 4.78 is 201. The van der Waals surface area contributed by atoms with Crippen LogP contribution < -0.4 is 18.9 Å². The van der Waals surface area contributed by atoms with Gasteiger partial charge in [-0.2, -0.15) is 61.5 Å². The average molecular weight is 869 g/mol. The molecule has 0 saturated carbocycles. The van der Waals surface area contributed by atoms with E-state index >= 15 is 0 Å². The maximum absolute atomic E-state index is 13.4. The van der Waals surface area contributed by atoms with E-state index in [1.54, 1.807) is 0 Å². The van der Waals surface area contributed by atoms with Crippen molar-refractivity contribution < 1.29 is 90.0 Å². The summed E-state index contributed by atoms with van der Waals surface area (Å²) in [4.78, 5) is 25.6. The number of unbranched alkanes of at least 4 members (excludes halogenated alkanes) is 6. The second-order valence-electron chi connectivity index (χ2n) is 13.3. The minimum atomic E-state index is -6.36. The van der Waals surface area contributed by atoms with Gasteiger partial charge in [-0.25, -0.2) is 9.59 Å². The Labute approximate surface area is 328 Å². The molecule has 0 fully saturated rings. The van der Waals surface area contributed by atoms with Crippen molar-refractivity contribution in [2.45, 2.75) is 107 Å². The molecule has 0 radical (unpaired) electrons. The molecule has 0 atom stereocenters. The molecule has 0 unspecified atom stereocenters. The predicted octanol–water partition coefficient (Wildman–Crippen LogP) is 12.8. The molecule has 20 heteroatoms. The summed E-state index contributed by atoms with van der Waals surface area (Å²) in [6.07, 6.45) is -16.2. The first-order valence-corrected chi connectivity index (χ1v) is 17.9. The van der Waals surface area contributed by atoms with Crippen LogP contribution in [0.2, 0.25) is 0 Å². The molecule has 3 rings (SSSR count). The predicted molar refractivity (Wildman–Crippen MR) is 183 cm³/mol. The number of carbonyl (C=O) groups excluding carboxylic acids is 2. The van der Waals surface area contributed by atoms with Crippen LogP contribution in [0.5, 0.6) is 23.0 Å². The van der Waals surface area contributed by atoms with Crippen LogP contribution in [-0.2, 0) is 0 Å². The van der Waals surface area contributed by atoms with E-state index in [2.05, 4.69) is 0 Å². The lowest BCUT2D eigenvalue weighted by atomic mass is 10.0. The summed E-state index contributed by atoms with van der Waals surface area (Å²) in [6.45, 7) is 1.66. The van der Waals surface area contributed by atoms with Gasteiger partial charge in [0.2, 0.25) is 0 Å². The molecule has 0 saturated heterocycles. The summed E-state index contributed by atoms with van der Waals surface area (Å²) in [7, 11) is 0. The maximum atomic E-state index is 13.4. The minimum absolute atomic E-state index is 0.0354. The highest BCUT2D eigenvalue weighted by Crippen LogP contribution is 2.49. The van der Waals surface area contributed by atoms with Gasteiger partial charge in [0, 0.05) is 18.4 Å². The first-order valence-electron chi connectivity index (χ1n) is 17.9. The summed E-state index contributed by atoms with van der Waals surface area (Å²) in [5.74, 6) is -23.5. The molecule has 0 heterocycles. The van der Waals surface area contributed by atoms with E-state index in [-0.39, 0.29) is 74.4 Å². The summed E-state index contributed by atoms with van der Waals surface area (Å²) >= 11 is 0. The van der Waals surface area contributed by atoms with Crippen molar-refractivity contribution in [3.63, 3.8) is 0 Å². The van der Waals surface area contributed by atoms with Gasteiger partial charge in [0.05, 0.1) is 24.3 Å². The molecule has 0 aliphatic heterocycles. The number of halogens is 14. The number of rotatable bonds is 22. The number of hydrogen-bond acceptors (Lipinski definition) is 6. The standard InChI is InChI=1S/C39H38F14O6/c1-25-30(58-32(54)26-13-17-28(18-14-26)56-23-8-4-2-6-21-34(40,41)36(44,45)38(48,49)50)11-10-12-31(25)59-33(55)27-15-19-29(20-16-27)57-24-9-5-3-7-22-35(42,43)37(46,47)39(51,52)53/h10-20H,2-9,21-24H2,1H3. The second-order valence-corrected chi connectivity index (χ2v) is 13.3. The molecular weight excluding hydrogens is 830 g/mol. The van der Waals surface area contributed by atoms with Crippen molar-refractivity contribution in [2.24, 2.45) is 0 Å². The van der Waals surface area contributed by atoms with Crippen LogP contribution in [0.4, 0.5) is 61.5 Å². The molecule has 0 aromatic heterocycles. The van der Waals surface area contributed by atoms with Crippen LogP contribution in [-0.4, -0.2) is 61.2 Å². The molecule has 0 spiro atoms. The summed E-state index contributed by atoms with van der Waals surface area (Å²) in [6, 6.07) is 15.7. The third kappa shape index (κ3) is 13.1. The third-order valence-electron chi connectivity index (χ3n) is 8.76. The van der Waals surface area contributed by atoms with E-state index in [1.165, 1.54) is 73.7 Å². The molecule has 0 amide bonds. The fraction of sp³-hybridized carbons (Fsp3) is 0.487. The second kappa shape index (κ2) is 20.0. The van der Waals surface area contributed by atoms with Crippen LogP contribution in [0, 0.1) is 6.92 Å². The van der Waals surface area contributed by atoms with E-state index in [9.17, 15) is 71.1 Å². The molecule has 0 aliphatic rings. The quantitative estimate of drug-likeness (QED) is 0.0434. The van der Waals surface area contributed by atoms with Crippen molar-refractivity contribution in [2.75, 3.05) is 13.2 Å². The lowest BCUT2D eigenvalue weighted by Crippen LogP contribution is -2.51. The average Bonchev–Trinajstić information content (AvgIpc) is 3.15.